The molecule has 4 nitrogen and oxygen atoms in total. The van der Waals surface area contributed by atoms with Gasteiger partial charge in [0.15, 0.2) is 0 Å². The van der Waals surface area contributed by atoms with Gasteiger partial charge in [0.25, 0.3) is 0 Å². The summed E-state index contributed by atoms with van der Waals surface area (Å²) in [5.41, 5.74) is 1.16. The molecule has 0 spiro atoms. The van der Waals surface area contributed by atoms with Crippen molar-refractivity contribution >= 4 is 10.4 Å². The zero-order chi connectivity index (χ0) is 15.1. The first-order chi connectivity index (χ1) is 10.1. The molecule has 0 atom stereocenters. The van der Waals surface area contributed by atoms with Gasteiger partial charge in [0, 0.05) is 0 Å². The van der Waals surface area contributed by atoms with E-state index < -0.39 is 10.4 Å². The summed E-state index contributed by atoms with van der Waals surface area (Å²) < 4.78 is 33.3. The Hall–Kier alpha value is -2.01. The second-order valence-corrected chi connectivity index (χ2v) is 5.79. The first-order valence-corrected chi connectivity index (χ1v) is 8.20. The van der Waals surface area contributed by atoms with Gasteiger partial charge in [-0.1, -0.05) is 43.7 Å². The molecule has 2 rings (SSSR count). The average molecular weight is 306 g/mol. The van der Waals surface area contributed by atoms with E-state index in [0.717, 1.165) is 24.8 Å². The minimum atomic E-state index is -4.12. The van der Waals surface area contributed by atoms with Crippen molar-refractivity contribution in [2.24, 2.45) is 0 Å². The van der Waals surface area contributed by atoms with Crippen molar-refractivity contribution < 1.29 is 16.8 Å². The van der Waals surface area contributed by atoms with E-state index in [-0.39, 0.29) is 11.5 Å². The lowest BCUT2D eigenvalue weighted by Crippen LogP contribution is -2.16. The molecule has 0 radical (unpaired) electrons. The lowest BCUT2D eigenvalue weighted by atomic mass is 10.1. The molecule has 2 aromatic rings. The summed E-state index contributed by atoms with van der Waals surface area (Å²) in [7, 11) is -4.12. The third kappa shape index (κ3) is 5.11. The zero-order valence-corrected chi connectivity index (χ0v) is 12.7. The molecular formula is C16H18O4S. The first-order valence-electron chi connectivity index (χ1n) is 6.87. The lowest BCUT2D eigenvalue weighted by molar-refractivity contribution is 0.392. The van der Waals surface area contributed by atoms with Gasteiger partial charge in [-0.2, -0.15) is 0 Å². The van der Waals surface area contributed by atoms with E-state index >= 15 is 0 Å². The summed E-state index contributed by atoms with van der Waals surface area (Å²) in [6.45, 7) is 2.13. The molecule has 21 heavy (non-hydrogen) atoms. The van der Waals surface area contributed by atoms with Crippen LogP contribution in [0.2, 0.25) is 0 Å². The number of hydrogen-bond donors (Lipinski definition) is 0. The Kier molecular flexibility index (Phi) is 5.22. The average Bonchev–Trinajstić information content (AvgIpc) is 2.47. The van der Waals surface area contributed by atoms with E-state index in [9.17, 15) is 8.42 Å². The van der Waals surface area contributed by atoms with E-state index in [4.69, 9.17) is 8.37 Å². The standard InChI is InChI=1S/C16H18O4S/c1-2-3-7-14-10-12-16(13-11-14)20-21(17,18)19-15-8-5-4-6-9-15/h4-6,8-13H,2-3,7H2,1H3. The molecule has 2 aromatic carbocycles. The Labute approximate surface area is 125 Å². The molecule has 5 heteroatoms. The second kappa shape index (κ2) is 7.13. The maximum atomic E-state index is 11.8. The van der Waals surface area contributed by atoms with Gasteiger partial charge in [0.05, 0.1) is 0 Å². The van der Waals surface area contributed by atoms with Crippen LogP contribution in [0.4, 0.5) is 0 Å². The molecule has 0 fully saturated rings. The molecule has 0 bridgehead atoms. The van der Waals surface area contributed by atoms with Gasteiger partial charge in [0.1, 0.15) is 11.5 Å². The number of hydrogen-bond acceptors (Lipinski definition) is 4. The van der Waals surface area contributed by atoms with Crippen molar-refractivity contribution in [1.29, 1.82) is 0 Å². The fraction of sp³-hybridized carbons (Fsp3) is 0.250. The number of unbranched alkanes of at least 4 members (excludes halogenated alkanes) is 1. The van der Waals surface area contributed by atoms with Crippen LogP contribution in [0.15, 0.2) is 54.6 Å². The lowest BCUT2D eigenvalue weighted by Gasteiger charge is -2.08. The van der Waals surface area contributed by atoms with E-state index in [1.807, 2.05) is 12.1 Å². The predicted molar refractivity (Wildman–Crippen MR) is 81.7 cm³/mol. The number of benzene rings is 2. The molecule has 0 heterocycles. The number of aryl methyl sites for hydroxylation is 1. The molecule has 0 unspecified atom stereocenters. The highest BCUT2D eigenvalue weighted by Gasteiger charge is 2.15. The quantitative estimate of drug-likeness (QED) is 0.782. The van der Waals surface area contributed by atoms with E-state index in [1.165, 1.54) is 0 Å². The maximum Gasteiger partial charge on any atom is 0.500 e. The molecular weight excluding hydrogens is 288 g/mol. The number of para-hydroxylation sites is 1. The van der Waals surface area contributed by atoms with Crippen molar-refractivity contribution in [1.82, 2.24) is 0 Å². The molecule has 0 N–H and O–H groups in total. The van der Waals surface area contributed by atoms with Gasteiger partial charge in [-0.25, -0.2) is 0 Å². The molecule has 0 saturated heterocycles. The maximum absolute atomic E-state index is 11.8. The van der Waals surface area contributed by atoms with Crippen LogP contribution >= 0.6 is 0 Å². The zero-order valence-electron chi connectivity index (χ0n) is 11.9. The largest absolute Gasteiger partial charge is 0.500 e. The normalized spacial score (nSPS) is 11.1. The van der Waals surface area contributed by atoms with Crippen LogP contribution in [0.5, 0.6) is 11.5 Å². The summed E-state index contributed by atoms with van der Waals surface area (Å²) in [6.07, 6.45) is 3.21. The molecule has 0 aliphatic heterocycles. The van der Waals surface area contributed by atoms with Gasteiger partial charge in [0.2, 0.25) is 0 Å². The molecule has 0 aliphatic rings. The molecule has 0 saturated carbocycles. The second-order valence-electron chi connectivity index (χ2n) is 4.64. The highest BCUT2D eigenvalue weighted by molar-refractivity contribution is 7.82. The fourth-order valence-corrected chi connectivity index (χ4v) is 2.55. The fourth-order valence-electron chi connectivity index (χ4n) is 1.82. The molecule has 0 amide bonds. The summed E-state index contributed by atoms with van der Waals surface area (Å²) in [4.78, 5) is 0. The van der Waals surface area contributed by atoms with Gasteiger partial charge in [-0.3, -0.25) is 0 Å². The highest BCUT2D eigenvalue weighted by Crippen LogP contribution is 2.18. The highest BCUT2D eigenvalue weighted by atomic mass is 32.3. The third-order valence-corrected chi connectivity index (χ3v) is 3.68. The Morgan fingerprint density at radius 1 is 0.857 bits per heavy atom. The third-order valence-electron chi connectivity index (χ3n) is 2.88. The number of rotatable bonds is 7. The molecule has 112 valence electrons. The summed E-state index contributed by atoms with van der Waals surface area (Å²) >= 11 is 0. The van der Waals surface area contributed by atoms with Crippen molar-refractivity contribution in [2.75, 3.05) is 0 Å². The monoisotopic (exact) mass is 306 g/mol. The Morgan fingerprint density at radius 2 is 1.43 bits per heavy atom. The van der Waals surface area contributed by atoms with Crippen LogP contribution in [0.25, 0.3) is 0 Å². The minimum absolute atomic E-state index is 0.220. The molecule has 0 aliphatic carbocycles. The summed E-state index contributed by atoms with van der Waals surface area (Å²) in [5, 5.41) is 0. The smallest absolute Gasteiger partial charge is 0.353 e. The van der Waals surface area contributed by atoms with E-state index in [2.05, 4.69) is 6.92 Å². The Bertz CT molecular complexity index is 648. The predicted octanol–water partition coefficient (Wildman–Crippen LogP) is 3.73. The van der Waals surface area contributed by atoms with E-state index in [0.29, 0.717) is 0 Å². The minimum Gasteiger partial charge on any atom is -0.353 e. The van der Waals surface area contributed by atoms with Crippen LogP contribution in [0.3, 0.4) is 0 Å². The summed E-state index contributed by atoms with van der Waals surface area (Å²) in [6, 6.07) is 15.2. The topological polar surface area (TPSA) is 52.6 Å². The van der Waals surface area contributed by atoms with Gasteiger partial charge in [-0.05, 0) is 42.7 Å². The Balaban J connectivity index is 2.00. The van der Waals surface area contributed by atoms with Crippen LogP contribution in [-0.2, 0) is 16.8 Å². The van der Waals surface area contributed by atoms with E-state index in [1.54, 1.807) is 42.5 Å². The summed E-state index contributed by atoms with van der Waals surface area (Å²) in [5.74, 6) is 0.461. The van der Waals surface area contributed by atoms with Crippen molar-refractivity contribution in [2.45, 2.75) is 26.2 Å². The Morgan fingerprint density at radius 3 is 2.00 bits per heavy atom. The van der Waals surface area contributed by atoms with Crippen molar-refractivity contribution in [3.63, 3.8) is 0 Å². The van der Waals surface area contributed by atoms with Gasteiger partial charge in [-0.15, -0.1) is 8.42 Å². The van der Waals surface area contributed by atoms with Gasteiger partial charge >= 0.3 is 10.4 Å². The SMILES string of the molecule is CCCCc1ccc(OS(=O)(=O)Oc2ccccc2)cc1. The van der Waals surface area contributed by atoms with Crippen molar-refractivity contribution in [3.05, 3.63) is 60.2 Å². The van der Waals surface area contributed by atoms with Crippen LogP contribution in [0.1, 0.15) is 25.3 Å². The van der Waals surface area contributed by atoms with Crippen LogP contribution in [0, 0.1) is 0 Å². The molecule has 0 aromatic heterocycles. The van der Waals surface area contributed by atoms with Crippen LogP contribution < -0.4 is 8.37 Å². The van der Waals surface area contributed by atoms with Gasteiger partial charge < -0.3 is 8.37 Å². The van der Waals surface area contributed by atoms with Crippen LogP contribution in [-0.4, -0.2) is 8.42 Å². The first kappa shape index (κ1) is 15.4. The van der Waals surface area contributed by atoms with Crippen molar-refractivity contribution in [3.8, 4) is 11.5 Å².